The molecule has 0 N–H and O–H groups in total. The van der Waals surface area contributed by atoms with Crippen LogP contribution in [0.3, 0.4) is 0 Å². The average Bonchev–Trinajstić information content (AvgIpc) is 2.59. The summed E-state index contributed by atoms with van der Waals surface area (Å²) in [5.41, 5.74) is 0.199. The van der Waals surface area contributed by atoms with Gasteiger partial charge in [0.15, 0.2) is 0 Å². The van der Waals surface area contributed by atoms with Crippen molar-refractivity contribution in [3.63, 3.8) is 0 Å². The van der Waals surface area contributed by atoms with Gasteiger partial charge in [-0.1, -0.05) is 54.1 Å². The van der Waals surface area contributed by atoms with E-state index < -0.39 is 11.7 Å². The monoisotopic (exact) mass is 357 g/mol. The summed E-state index contributed by atoms with van der Waals surface area (Å²) >= 11 is 6.13. The van der Waals surface area contributed by atoms with Gasteiger partial charge in [0.25, 0.3) is 0 Å². The highest BCUT2D eigenvalue weighted by molar-refractivity contribution is 6.33. The maximum Gasteiger partial charge on any atom is 0.417 e. The molecule has 0 amide bonds. The molecule has 0 saturated heterocycles. The lowest BCUT2D eigenvalue weighted by molar-refractivity contribution is -0.137. The Bertz CT molecular complexity index is 1100. The Labute approximate surface area is 146 Å². The number of halogens is 4. The lowest BCUT2D eigenvalue weighted by atomic mass is 9.97. The number of aromatic nitrogens is 1. The smallest absolute Gasteiger partial charge is 0.254 e. The van der Waals surface area contributed by atoms with E-state index >= 15 is 0 Å². The van der Waals surface area contributed by atoms with Crippen molar-refractivity contribution in [1.29, 1.82) is 0 Å². The molecule has 25 heavy (non-hydrogen) atoms. The van der Waals surface area contributed by atoms with Crippen molar-refractivity contribution in [2.75, 3.05) is 0 Å². The van der Waals surface area contributed by atoms with Crippen LogP contribution in [0.25, 0.3) is 32.8 Å². The first-order chi connectivity index (χ1) is 11.9. The number of hydrogen-bond acceptors (Lipinski definition) is 1. The van der Waals surface area contributed by atoms with E-state index in [1.165, 1.54) is 0 Å². The van der Waals surface area contributed by atoms with E-state index in [4.69, 9.17) is 11.6 Å². The standard InChI is InChI=1S/C20H11ClF3N/c21-18-10-15(20(22,23)24)11-25-19(18)16-7-3-6-14-8-12-4-1-2-5-13(12)9-17(14)16/h1-11H. The number of fused-ring (bicyclic) bond motifs is 2. The minimum absolute atomic E-state index is 0.0181. The lowest BCUT2D eigenvalue weighted by Crippen LogP contribution is -2.05. The van der Waals surface area contributed by atoms with Crippen molar-refractivity contribution in [1.82, 2.24) is 4.98 Å². The Morgan fingerprint density at radius 2 is 1.48 bits per heavy atom. The fourth-order valence-electron chi connectivity index (χ4n) is 2.96. The van der Waals surface area contributed by atoms with E-state index in [0.29, 0.717) is 11.3 Å². The van der Waals surface area contributed by atoms with Gasteiger partial charge in [0.05, 0.1) is 16.3 Å². The number of benzene rings is 3. The van der Waals surface area contributed by atoms with Gasteiger partial charge in [-0.05, 0) is 39.7 Å². The lowest BCUT2D eigenvalue weighted by Gasteiger charge is -2.12. The van der Waals surface area contributed by atoms with Crippen LogP contribution in [-0.4, -0.2) is 4.98 Å². The minimum Gasteiger partial charge on any atom is -0.254 e. The average molecular weight is 358 g/mol. The molecule has 0 aliphatic carbocycles. The van der Waals surface area contributed by atoms with Crippen molar-refractivity contribution < 1.29 is 13.2 Å². The molecule has 4 aromatic rings. The fraction of sp³-hybridized carbons (Fsp3) is 0.0500. The van der Waals surface area contributed by atoms with E-state index in [-0.39, 0.29) is 5.02 Å². The summed E-state index contributed by atoms with van der Waals surface area (Å²) < 4.78 is 38.5. The van der Waals surface area contributed by atoms with Crippen molar-refractivity contribution in [2.24, 2.45) is 0 Å². The maximum atomic E-state index is 12.8. The molecule has 0 spiro atoms. The molecule has 0 fully saturated rings. The zero-order valence-electron chi connectivity index (χ0n) is 12.8. The van der Waals surface area contributed by atoms with Gasteiger partial charge in [-0.15, -0.1) is 0 Å². The Balaban J connectivity index is 1.96. The Hall–Kier alpha value is -2.59. The summed E-state index contributed by atoms with van der Waals surface area (Å²) in [4.78, 5) is 3.99. The quantitative estimate of drug-likeness (QED) is 0.344. The first-order valence-electron chi connectivity index (χ1n) is 7.58. The van der Waals surface area contributed by atoms with Crippen LogP contribution >= 0.6 is 11.6 Å². The van der Waals surface area contributed by atoms with Crippen molar-refractivity contribution in [3.05, 3.63) is 77.4 Å². The van der Waals surface area contributed by atoms with Gasteiger partial charge in [-0.25, -0.2) is 0 Å². The van der Waals surface area contributed by atoms with E-state index in [1.54, 1.807) is 0 Å². The third-order valence-corrected chi connectivity index (χ3v) is 4.46. The number of pyridine rings is 1. The van der Waals surface area contributed by atoms with Gasteiger partial charge in [0.1, 0.15) is 0 Å². The number of alkyl halides is 3. The molecule has 124 valence electrons. The molecule has 4 rings (SSSR count). The molecule has 0 aliphatic rings. The summed E-state index contributed by atoms with van der Waals surface area (Å²) in [6, 6.07) is 18.5. The topological polar surface area (TPSA) is 12.9 Å². The normalized spacial score (nSPS) is 12.0. The number of rotatable bonds is 1. The van der Waals surface area contributed by atoms with Crippen LogP contribution in [0, 0.1) is 0 Å². The molecule has 1 aromatic heterocycles. The molecular formula is C20H11ClF3N. The molecule has 3 aromatic carbocycles. The largest absolute Gasteiger partial charge is 0.417 e. The highest BCUT2D eigenvalue weighted by Gasteiger charge is 2.31. The number of hydrogen-bond donors (Lipinski definition) is 0. The third kappa shape index (κ3) is 2.83. The van der Waals surface area contributed by atoms with E-state index in [1.807, 2.05) is 54.6 Å². The molecule has 0 bridgehead atoms. The van der Waals surface area contributed by atoms with Crippen LogP contribution in [0.5, 0.6) is 0 Å². The van der Waals surface area contributed by atoms with Crippen LogP contribution < -0.4 is 0 Å². The van der Waals surface area contributed by atoms with E-state index in [9.17, 15) is 13.2 Å². The number of nitrogens with zero attached hydrogens (tertiary/aromatic N) is 1. The molecule has 0 saturated carbocycles. The van der Waals surface area contributed by atoms with Gasteiger partial charge in [0, 0.05) is 11.8 Å². The molecule has 0 unspecified atom stereocenters. The second kappa shape index (κ2) is 5.74. The highest BCUT2D eigenvalue weighted by Crippen LogP contribution is 2.37. The highest BCUT2D eigenvalue weighted by atomic mass is 35.5. The van der Waals surface area contributed by atoms with Crippen molar-refractivity contribution in [3.8, 4) is 11.3 Å². The van der Waals surface area contributed by atoms with E-state index in [2.05, 4.69) is 4.98 Å². The summed E-state index contributed by atoms with van der Waals surface area (Å²) in [7, 11) is 0. The molecule has 0 atom stereocenters. The first kappa shape index (κ1) is 15.9. The van der Waals surface area contributed by atoms with E-state index in [0.717, 1.165) is 33.8 Å². The predicted octanol–water partition coefficient (Wildman–Crippen LogP) is 6.73. The van der Waals surface area contributed by atoms with Gasteiger partial charge < -0.3 is 0 Å². The van der Waals surface area contributed by atoms with Crippen LogP contribution in [-0.2, 0) is 6.18 Å². The van der Waals surface area contributed by atoms with Crippen LogP contribution in [0.4, 0.5) is 13.2 Å². The maximum absolute atomic E-state index is 12.8. The zero-order valence-corrected chi connectivity index (χ0v) is 13.6. The zero-order chi connectivity index (χ0) is 17.6. The van der Waals surface area contributed by atoms with Gasteiger partial charge in [0.2, 0.25) is 0 Å². The van der Waals surface area contributed by atoms with Gasteiger partial charge >= 0.3 is 6.18 Å². The molecule has 1 nitrogen and oxygen atoms in total. The van der Waals surface area contributed by atoms with Crippen molar-refractivity contribution in [2.45, 2.75) is 6.18 Å². The Morgan fingerprint density at radius 1 is 0.800 bits per heavy atom. The summed E-state index contributed by atoms with van der Waals surface area (Å²) in [6.45, 7) is 0. The van der Waals surface area contributed by atoms with Gasteiger partial charge in [-0.3, -0.25) is 4.98 Å². The minimum atomic E-state index is -4.47. The summed E-state index contributed by atoms with van der Waals surface area (Å²) in [5, 5.41) is 4.00. The summed E-state index contributed by atoms with van der Waals surface area (Å²) in [5.74, 6) is 0. The second-order valence-electron chi connectivity index (χ2n) is 5.78. The molecule has 0 aliphatic heterocycles. The Kier molecular flexibility index (Phi) is 3.65. The SMILES string of the molecule is FC(F)(F)c1cnc(-c2cccc3cc4ccccc4cc23)c(Cl)c1. The van der Waals surface area contributed by atoms with Gasteiger partial charge in [-0.2, -0.15) is 13.2 Å². The fourth-order valence-corrected chi connectivity index (χ4v) is 3.23. The third-order valence-electron chi connectivity index (χ3n) is 4.17. The molecule has 0 radical (unpaired) electrons. The Morgan fingerprint density at radius 3 is 2.16 bits per heavy atom. The van der Waals surface area contributed by atoms with Crippen LogP contribution in [0.1, 0.15) is 5.56 Å². The van der Waals surface area contributed by atoms with Crippen LogP contribution in [0.2, 0.25) is 5.02 Å². The second-order valence-corrected chi connectivity index (χ2v) is 6.19. The van der Waals surface area contributed by atoms with Crippen LogP contribution in [0.15, 0.2) is 66.9 Å². The predicted molar refractivity (Wildman–Crippen MR) is 94.7 cm³/mol. The summed E-state index contributed by atoms with van der Waals surface area (Å²) in [6.07, 6.45) is -3.65. The molecule has 1 heterocycles. The first-order valence-corrected chi connectivity index (χ1v) is 7.96. The molecular weight excluding hydrogens is 347 g/mol. The molecule has 5 heteroatoms. The van der Waals surface area contributed by atoms with Crippen molar-refractivity contribution >= 4 is 33.1 Å².